The van der Waals surface area contributed by atoms with Crippen LogP contribution in [0.5, 0.6) is 0 Å². The van der Waals surface area contributed by atoms with Crippen molar-refractivity contribution in [3.05, 3.63) is 35.9 Å². The Bertz CT molecular complexity index is 332. The van der Waals surface area contributed by atoms with Crippen LogP contribution in [0.15, 0.2) is 30.3 Å². The first-order valence-corrected chi connectivity index (χ1v) is 10.4. The largest absolute Gasteiger partial charge is 1.00 e. The van der Waals surface area contributed by atoms with Crippen molar-refractivity contribution in [3.63, 3.8) is 0 Å². The van der Waals surface area contributed by atoms with E-state index in [4.69, 9.17) is 0 Å². The molecule has 1 aliphatic rings. The van der Waals surface area contributed by atoms with E-state index in [0.29, 0.717) is 9.65 Å². The topological polar surface area (TPSA) is 0 Å². The summed E-state index contributed by atoms with van der Waals surface area (Å²) in [6, 6.07) is 10.9. The molecule has 2 rings (SSSR count). The van der Waals surface area contributed by atoms with Crippen LogP contribution >= 0.6 is 39.1 Å². The van der Waals surface area contributed by atoms with Crippen LogP contribution in [-0.4, -0.2) is 34.8 Å². The van der Waals surface area contributed by atoms with Gasteiger partial charge >= 0.3 is 0 Å². The Balaban J connectivity index is 0.00000144. The van der Waals surface area contributed by atoms with Crippen molar-refractivity contribution in [1.82, 2.24) is 0 Å². The van der Waals surface area contributed by atoms with Crippen molar-refractivity contribution in [2.75, 3.05) is 25.2 Å². The second-order valence-corrected chi connectivity index (χ2v) is 11.7. The summed E-state index contributed by atoms with van der Waals surface area (Å²) in [4.78, 5) is 1.39. The minimum Gasteiger partial charge on any atom is -1.00 e. The number of rotatable bonds is 3. The monoisotopic (exact) mass is 442 g/mol. The highest BCUT2D eigenvalue weighted by Gasteiger charge is 2.45. The van der Waals surface area contributed by atoms with Crippen LogP contribution in [0.3, 0.4) is 0 Å². The molecule has 0 spiro atoms. The highest BCUT2D eigenvalue weighted by atomic mass is 79.9. The Kier molecular flexibility index (Phi) is 6.67. The zero-order chi connectivity index (χ0) is 11.6. The average Bonchev–Trinajstić information content (AvgIpc) is 2.53. The van der Waals surface area contributed by atoms with Crippen molar-refractivity contribution in [3.8, 4) is 0 Å². The Labute approximate surface area is 132 Å². The molecule has 0 radical (unpaired) electrons. The average molecular weight is 445 g/mol. The van der Waals surface area contributed by atoms with Gasteiger partial charge in [-0.2, -0.15) is 0 Å². The molecule has 96 valence electrons. The van der Waals surface area contributed by atoms with Crippen LogP contribution < -0.4 is 17.0 Å². The smallest absolute Gasteiger partial charge is 0.0729 e. The minimum absolute atomic E-state index is 0. The molecule has 0 N–H and O–H groups in total. The summed E-state index contributed by atoms with van der Waals surface area (Å²) in [6.07, 6.45) is 5.46. The second-order valence-electron chi connectivity index (χ2n) is 4.98. The van der Waals surface area contributed by atoms with E-state index in [-0.39, 0.29) is 17.0 Å². The van der Waals surface area contributed by atoms with E-state index in [1.807, 2.05) is 0 Å². The first-order chi connectivity index (χ1) is 7.59. The van der Waals surface area contributed by atoms with Gasteiger partial charge in [0.2, 0.25) is 0 Å². The Morgan fingerprint density at radius 2 is 1.65 bits per heavy atom. The fourth-order valence-electron chi connectivity index (χ4n) is 2.37. The van der Waals surface area contributed by atoms with Crippen molar-refractivity contribution in [2.24, 2.45) is 0 Å². The van der Waals surface area contributed by atoms with Gasteiger partial charge in [0.05, 0.1) is 28.1 Å². The maximum Gasteiger partial charge on any atom is 0.0729 e. The predicted molar refractivity (Wildman–Crippen MR) is 83.0 cm³/mol. The third-order valence-corrected chi connectivity index (χ3v) is 10.9. The van der Waals surface area contributed by atoms with Crippen LogP contribution in [0.1, 0.15) is 5.56 Å². The molecule has 1 saturated heterocycles. The lowest BCUT2D eigenvalue weighted by Gasteiger charge is -2.16. The highest BCUT2D eigenvalue weighted by Crippen LogP contribution is 2.63. The molecule has 0 aromatic heterocycles. The summed E-state index contributed by atoms with van der Waals surface area (Å²) in [5.41, 5.74) is 1.49. The first kappa shape index (κ1) is 16.1. The molecular weight excluding hydrogens is 427 g/mol. The minimum atomic E-state index is -0.691. The molecular formula is C13H18Br3P. The lowest BCUT2D eigenvalue weighted by molar-refractivity contribution is -0.00000316. The van der Waals surface area contributed by atoms with E-state index in [9.17, 15) is 0 Å². The van der Waals surface area contributed by atoms with Gasteiger partial charge in [-0.3, -0.25) is 0 Å². The first-order valence-electron chi connectivity index (χ1n) is 5.75. The molecule has 0 nitrogen and oxygen atoms in total. The number of halogens is 3. The summed E-state index contributed by atoms with van der Waals surface area (Å²) in [5.74, 6) is 0. The molecule has 0 amide bonds. The quantitative estimate of drug-likeness (QED) is 0.488. The molecule has 2 unspecified atom stereocenters. The van der Waals surface area contributed by atoms with Gasteiger partial charge in [0.25, 0.3) is 0 Å². The van der Waals surface area contributed by atoms with E-state index >= 15 is 0 Å². The van der Waals surface area contributed by atoms with Gasteiger partial charge in [0.15, 0.2) is 0 Å². The molecule has 1 aromatic rings. The van der Waals surface area contributed by atoms with Crippen molar-refractivity contribution in [1.29, 1.82) is 0 Å². The maximum atomic E-state index is 3.79. The van der Waals surface area contributed by atoms with E-state index in [1.165, 1.54) is 30.5 Å². The van der Waals surface area contributed by atoms with Crippen LogP contribution in [0.2, 0.25) is 0 Å². The van der Waals surface area contributed by atoms with E-state index in [2.05, 4.69) is 68.9 Å². The molecule has 0 saturated carbocycles. The second kappa shape index (κ2) is 7.03. The standard InChI is InChI=1S/C13H18Br2P.BrH/c1-16(9-12(14)13(15)10-16)8-7-11-5-3-2-4-6-11;/h2-6,12-13H,7-10H2,1H3;1H/q+1;/p-1. The van der Waals surface area contributed by atoms with Crippen LogP contribution in [-0.2, 0) is 6.42 Å². The van der Waals surface area contributed by atoms with E-state index in [1.54, 1.807) is 0 Å². The number of hydrogen-bond acceptors (Lipinski definition) is 0. The number of benzene rings is 1. The molecule has 2 atom stereocenters. The van der Waals surface area contributed by atoms with Gasteiger partial charge in [-0.15, -0.1) is 0 Å². The number of aryl methyl sites for hydroxylation is 1. The SMILES string of the molecule is C[P+]1(CCc2ccccc2)CC(Br)C(Br)C1.[Br-]. The third-order valence-electron chi connectivity index (χ3n) is 3.41. The van der Waals surface area contributed by atoms with Gasteiger partial charge < -0.3 is 17.0 Å². The lowest BCUT2D eigenvalue weighted by Crippen LogP contribution is -3.00. The summed E-state index contributed by atoms with van der Waals surface area (Å²) in [7, 11) is -0.691. The van der Waals surface area contributed by atoms with Crippen molar-refractivity contribution < 1.29 is 17.0 Å². The summed E-state index contributed by atoms with van der Waals surface area (Å²) >= 11 is 7.57. The molecule has 4 heteroatoms. The zero-order valence-electron chi connectivity index (χ0n) is 9.95. The predicted octanol–water partition coefficient (Wildman–Crippen LogP) is 1.42. The Hall–Kier alpha value is 1.09. The maximum absolute atomic E-state index is 3.79. The molecule has 0 bridgehead atoms. The zero-order valence-corrected chi connectivity index (χ0v) is 15.6. The molecule has 1 fully saturated rings. The molecule has 0 aliphatic carbocycles. The molecule has 1 heterocycles. The molecule has 1 aliphatic heterocycles. The van der Waals surface area contributed by atoms with Gasteiger partial charge in [-0.1, -0.05) is 62.2 Å². The third kappa shape index (κ3) is 4.60. The molecule has 1 aromatic carbocycles. The van der Waals surface area contributed by atoms with E-state index in [0.717, 1.165) is 0 Å². The summed E-state index contributed by atoms with van der Waals surface area (Å²) in [6.45, 7) is 2.53. The summed E-state index contributed by atoms with van der Waals surface area (Å²) in [5, 5.41) is 0. The van der Waals surface area contributed by atoms with E-state index < -0.39 is 7.26 Å². The lowest BCUT2D eigenvalue weighted by atomic mass is 10.2. The van der Waals surface area contributed by atoms with Crippen LogP contribution in [0.4, 0.5) is 0 Å². The highest BCUT2D eigenvalue weighted by molar-refractivity contribution is 9.12. The van der Waals surface area contributed by atoms with Crippen LogP contribution in [0, 0.1) is 0 Å². The Morgan fingerprint density at radius 3 is 2.18 bits per heavy atom. The summed E-state index contributed by atoms with van der Waals surface area (Å²) < 4.78 is 0. The van der Waals surface area contributed by atoms with Crippen LogP contribution in [0.25, 0.3) is 0 Å². The normalized spacial score (nSPS) is 32.2. The molecule has 17 heavy (non-hydrogen) atoms. The fourth-order valence-corrected chi connectivity index (χ4v) is 11.0. The fraction of sp³-hybridized carbons (Fsp3) is 0.538. The van der Waals surface area contributed by atoms with Crippen molar-refractivity contribution in [2.45, 2.75) is 16.1 Å². The van der Waals surface area contributed by atoms with Gasteiger partial charge in [0.1, 0.15) is 0 Å². The van der Waals surface area contributed by atoms with Gasteiger partial charge in [-0.25, -0.2) is 0 Å². The number of alkyl halides is 2. The Morgan fingerprint density at radius 1 is 1.12 bits per heavy atom. The number of hydrogen-bond donors (Lipinski definition) is 0. The van der Waals surface area contributed by atoms with Gasteiger partial charge in [-0.05, 0) is 5.56 Å². The van der Waals surface area contributed by atoms with Gasteiger partial charge in [0, 0.05) is 20.3 Å². The van der Waals surface area contributed by atoms with Crippen molar-refractivity contribution >= 4 is 39.1 Å².